The van der Waals surface area contributed by atoms with Crippen molar-refractivity contribution in [2.75, 3.05) is 6.54 Å². The molecule has 5 heteroatoms. The van der Waals surface area contributed by atoms with E-state index in [1.54, 1.807) is 12.4 Å². The zero-order valence-corrected chi connectivity index (χ0v) is 13.1. The van der Waals surface area contributed by atoms with E-state index in [-0.39, 0.29) is 0 Å². The maximum absolute atomic E-state index is 11.5. The van der Waals surface area contributed by atoms with Gasteiger partial charge in [-0.25, -0.2) is 4.98 Å². The third kappa shape index (κ3) is 3.10. The van der Waals surface area contributed by atoms with Gasteiger partial charge in [-0.3, -0.25) is 9.36 Å². The standard InChI is InChI=1S/C18H20N4O/c1-2-10-20-11-13-6-8-14(9-7-13)22-12-21-17-15(18(19)23)4-3-5-16(17)22/h3-9,12,20H,2,10-11H2,1H3,(H2,19,23). The van der Waals surface area contributed by atoms with E-state index in [0.29, 0.717) is 11.1 Å². The van der Waals surface area contributed by atoms with Crippen LogP contribution in [0.5, 0.6) is 0 Å². The molecule has 3 N–H and O–H groups in total. The van der Waals surface area contributed by atoms with Crippen molar-refractivity contribution >= 4 is 16.9 Å². The fourth-order valence-electron chi connectivity index (χ4n) is 2.63. The van der Waals surface area contributed by atoms with Crippen LogP contribution in [0, 0.1) is 0 Å². The van der Waals surface area contributed by atoms with Gasteiger partial charge in [-0.05, 0) is 42.8 Å². The molecule has 0 bridgehead atoms. The van der Waals surface area contributed by atoms with Crippen LogP contribution < -0.4 is 11.1 Å². The molecule has 1 aromatic heterocycles. The van der Waals surface area contributed by atoms with Gasteiger partial charge in [-0.15, -0.1) is 0 Å². The molecule has 0 aliphatic rings. The number of hydrogen-bond donors (Lipinski definition) is 2. The first-order valence-corrected chi connectivity index (χ1v) is 7.76. The average molecular weight is 308 g/mol. The minimum Gasteiger partial charge on any atom is -0.366 e. The van der Waals surface area contributed by atoms with Crippen LogP contribution in [0.2, 0.25) is 0 Å². The molecule has 118 valence electrons. The highest BCUT2D eigenvalue weighted by molar-refractivity contribution is 6.04. The van der Waals surface area contributed by atoms with Crippen molar-refractivity contribution < 1.29 is 4.79 Å². The Bertz CT molecular complexity index is 821. The number of nitrogens with one attached hydrogen (secondary N) is 1. The Morgan fingerprint density at radius 2 is 2.00 bits per heavy atom. The number of fused-ring (bicyclic) bond motifs is 1. The Morgan fingerprint density at radius 1 is 1.22 bits per heavy atom. The summed E-state index contributed by atoms with van der Waals surface area (Å²) >= 11 is 0. The molecule has 0 spiro atoms. The van der Waals surface area contributed by atoms with Gasteiger partial charge in [0.2, 0.25) is 0 Å². The zero-order chi connectivity index (χ0) is 16.2. The van der Waals surface area contributed by atoms with E-state index in [9.17, 15) is 4.79 Å². The summed E-state index contributed by atoms with van der Waals surface area (Å²) in [5, 5.41) is 3.38. The SMILES string of the molecule is CCCNCc1ccc(-n2cnc3c(C(N)=O)cccc32)cc1. The van der Waals surface area contributed by atoms with Crippen LogP contribution in [0.3, 0.4) is 0 Å². The van der Waals surface area contributed by atoms with E-state index in [1.807, 2.05) is 16.7 Å². The van der Waals surface area contributed by atoms with Crippen molar-refractivity contribution in [1.82, 2.24) is 14.9 Å². The smallest absolute Gasteiger partial charge is 0.250 e. The lowest BCUT2D eigenvalue weighted by molar-refractivity contribution is 0.100. The predicted molar refractivity (Wildman–Crippen MR) is 91.6 cm³/mol. The summed E-state index contributed by atoms with van der Waals surface area (Å²) in [4.78, 5) is 15.8. The largest absolute Gasteiger partial charge is 0.366 e. The molecule has 1 amide bonds. The van der Waals surface area contributed by atoms with Crippen molar-refractivity contribution in [3.8, 4) is 5.69 Å². The minimum atomic E-state index is -0.460. The summed E-state index contributed by atoms with van der Waals surface area (Å²) in [7, 11) is 0. The van der Waals surface area contributed by atoms with Crippen LogP contribution in [0.1, 0.15) is 29.3 Å². The highest BCUT2D eigenvalue weighted by Gasteiger charge is 2.11. The molecule has 0 aliphatic heterocycles. The zero-order valence-electron chi connectivity index (χ0n) is 13.1. The molecular formula is C18H20N4O. The van der Waals surface area contributed by atoms with E-state index >= 15 is 0 Å². The highest BCUT2D eigenvalue weighted by Crippen LogP contribution is 2.21. The van der Waals surface area contributed by atoms with Gasteiger partial charge in [0.1, 0.15) is 11.8 Å². The lowest BCUT2D eigenvalue weighted by atomic mass is 10.1. The fraction of sp³-hybridized carbons (Fsp3) is 0.222. The van der Waals surface area contributed by atoms with E-state index in [2.05, 4.69) is 41.5 Å². The summed E-state index contributed by atoms with van der Waals surface area (Å²) in [6.45, 7) is 4.04. The molecule has 0 atom stereocenters. The van der Waals surface area contributed by atoms with Crippen molar-refractivity contribution in [1.29, 1.82) is 0 Å². The molecule has 0 radical (unpaired) electrons. The number of primary amides is 1. The van der Waals surface area contributed by atoms with Crippen molar-refractivity contribution in [2.45, 2.75) is 19.9 Å². The third-order valence-electron chi connectivity index (χ3n) is 3.81. The van der Waals surface area contributed by atoms with Gasteiger partial charge >= 0.3 is 0 Å². The van der Waals surface area contributed by atoms with E-state index < -0.39 is 5.91 Å². The molecule has 0 aliphatic carbocycles. The molecular weight excluding hydrogens is 288 g/mol. The molecule has 3 aromatic rings. The second-order valence-electron chi connectivity index (χ2n) is 5.50. The summed E-state index contributed by atoms with van der Waals surface area (Å²) in [6.07, 6.45) is 2.85. The number of nitrogens with two attached hydrogens (primary N) is 1. The lowest BCUT2D eigenvalue weighted by Gasteiger charge is -2.07. The van der Waals surface area contributed by atoms with Gasteiger partial charge < -0.3 is 11.1 Å². The van der Waals surface area contributed by atoms with Gasteiger partial charge in [0.25, 0.3) is 5.91 Å². The molecule has 0 fully saturated rings. The molecule has 0 unspecified atom stereocenters. The lowest BCUT2D eigenvalue weighted by Crippen LogP contribution is -2.13. The summed E-state index contributed by atoms with van der Waals surface area (Å²) in [5.41, 5.74) is 9.61. The molecule has 0 saturated heterocycles. The Hall–Kier alpha value is -2.66. The van der Waals surface area contributed by atoms with Crippen molar-refractivity contribution in [3.05, 3.63) is 59.9 Å². The number of carbonyl (C=O) groups is 1. The highest BCUT2D eigenvalue weighted by atomic mass is 16.1. The number of hydrogen-bond acceptors (Lipinski definition) is 3. The van der Waals surface area contributed by atoms with Crippen LogP contribution in [0.25, 0.3) is 16.7 Å². The Kier molecular flexibility index (Phi) is 4.39. The minimum absolute atomic E-state index is 0.446. The Morgan fingerprint density at radius 3 is 2.70 bits per heavy atom. The van der Waals surface area contributed by atoms with Crippen LogP contribution in [0.4, 0.5) is 0 Å². The molecule has 1 heterocycles. The van der Waals surface area contributed by atoms with E-state index in [4.69, 9.17) is 5.73 Å². The molecule has 23 heavy (non-hydrogen) atoms. The first-order valence-electron chi connectivity index (χ1n) is 7.76. The number of aromatic nitrogens is 2. The summed E-state index contributed by atoms with van der Waals surface area (Å²) in [5.74, 6) is -0.460. The molecule has 0 saturated carbocycles. The number of nitrogens with zero attached hydrogens (tertiary/aromatic N) is 2. The monoisotopic (exact) mass is 308 g/mol. The first-order chi connectivity index (χ1) is 11.2. The number of imidazole rings is 1. The van der Waals surface area contributed by atoms with Gasteiger partial charge in [0, 0.05) is 12.2 Å². The normalized spacial score (nSPS) is 11.0. The second kappa shape index (κ2) is 6.62. The number of amides is 1. The van der Waals surface area contributed by atoms with Crippen LogP contribution in [-0.2, 0) is 6.54 Å². The van der Waals surface area contributed by atoms with Crippen LogP contribution in [0.15, 0.2) is 48.8 Å². The second-order valence-corrected chi connectivity index (χ2v) is 5.50. The maximum Gasteiger partial charge on any atom is 0.250 e. The first kappa shape index (κ1) is 15.2. The number of rotatable bonds is 6. The number of carbonyl (C=O) groups excluding carboxylic acids is 1. The molecule has 3 rings (SSSR count). The fourth-order valence-corrected chi connectivity index (χ4v) is 2.63. The average Bonchev–Trinajstić information content (AvgIpc) is 2.99. The predicted octanol–water partition coefficient (Wildman–Crippen LogP) is 2.62. The van der Waals surface area contributed by atoms with Gasteiger partial charge in [-0.2, -0.15) is 0 Å². The topological polar surface area (TPSA) is 72.9 Å². The van der Waals surface area contributed by atoms with Crippen LogP contribution >= 0.6 is 0 Å². The quantitative estimate of drug-likeness (QED) is 0.688. The van der Waals surface area contributed by atoms with E-state index in [1.165, 1.54) is 5.56 Å². The molecule has 2 aromatic carbocycles. The van der Waals surface area contributed by atoms with E-state index in [0.717, 1.165) is 30.7 Å². The Balaban J connectivity index is 1.91. The van der Waals surface area contributed by atoms with Gasteiger partial charge in [0.15, 0.2) is 0 Å². The summed E-state index contributed by atoms with van der Waals surface area (Å²) < 4.78 is 1.96. The van der Waals surface area contributed by atoms with Gasteiger partial charge in [0.05, 0.1) is 11.1 Å². The number of benzene rings is 2. The third-order valence-corrected chi connectivity index (χ3v) is 3.81. The molecule has 5 nitrogen and oxygen atoms in total. The number of para-hydroxylation sites is 1. The maximum atomic E-state index is 11.5. The van der Waals surface area contributed by atoms with Crippen molar-refractivity contribution in [3.63, 3.8) is 0 Å². The van der Waals surface area contributed by atoms with Crippen molar-refractivity contribution in [2.24, 2.45) is 5.73 Å². The van der Waals surface area contributed by atoms with Crippen LogP contribution in [-0.4, -0.2) is 22.0 Å². The van der Waals surface area contributed by atoms with Gasteiger partial charge in [-0.1, -0.05) is 25.1 Å². The summed E-state index contributed by atoms with van der Waals surface area (Å²) in [6, 6.07) is 13.8. The Labute approximate surface area is 135 Å².